The molecule has 0 aromatic carbocycles. The first-order valence-electron chi connectivity index (χ1n) is 8.52. The molecule has 0 aromatic heterocycles. The van der Waals surface area contributed by atoms with Crippen LogP contribution < -0.4 is 0 Å². The first kappa shape index (κ1) is 18.9. The van der Waals surface area contributed by atoms with Crippen molar-refractivity contribution in [3.05, 3.63) is 0 Å². The lowest BCUT2D eigenvalue weighted by atomic mass is 10.0. The van der Waals surface area contributed by atoms with E-state index in [1.807, 2.05) is 0 Å². The third-order valence-electron chi connectivity index (χ3n) is 3.68. The molecule has 0 aliphatic carbocycles. The van der Waals surface area contributed by atoms with E-state index in [0.717, 1.165) is 38.9 Å². The van der Waals surface area contributed by atoms with E-state index >= 15 is 0 Å². The van der Waals surface area contributed by atoms with Gasteiger partial charge in [-0.25, -0.2) is 0 Å². The van der Waals surface area contributed by atoms with Crippen LogP contribution >= 0.6 is 0 Å². The highest BCUT2D eigenvalue weighted by Gasteiger charge is 2.29. The van der Waals surface area contributed by atoms with Crippen molar-refractivity contribution in [3.63, 3.8) is 0 Å². The largest absolute Gasteiger partial charge is 0.350 e. The molecule has 0 unspecified atom stereocenters. The minimum atomic E-state index is -0.307. The quantitative estimate of drug-likeness (QED) is 0.298. The summed E-state index contributed by atoms with van der Waals surface area (Å²) in [7, 11) is 0. The Balaban J connectivity index is 4.20. The number of hydrogen-bond acceptors (Lipinski definition) is 2. The molecule has 0 bridgehead atoms. The monoisotopic (exact) mass is 272 g/mol. The summed E-state index contributed by atoms with van der Waals surface area (Å²) in [6, 6.07) is 0. The third kappa shape index (κ3) is 9.45. The molecule has 0 heterocycles. The fraction of sp³-hybridized carbons (Fsp3) is 1.00. The van der Waals surface area contributed by atoms with Gasteiger partial charge in [0.25, 0.3) is 0 Å². The summed E-state index contributed by atoms with van der Waals surface area (Å²) in [5.41, 5.74) is 0. The molecule has 0 amide bonds. The fourth-order valence-electron chi connectivity index (χ4n) is 2.19. The standard InChI is InChI=1S/C17H36O2/c1-5-9-12-13-14-17(8-4,18-15-10-6-2)19-16-11-7-3/h5-16H2,1-4H3. The van der Waals surface area contributed by atoms with Gasteiger partial charge >= 0.3 is 0 Å². The van der Waals surface area contributed by atoms with Gasteiger partial charge in [-0.2, -0.15) is 0 Å². The predicted octanol–water partition coefficient (Wildman–Crippen LogP) is 5.70. The molecule has 0 rings (SSSR count). The Morgan fingerprint density at radius 2 is 1.16 bits per heavy atom. The molecule has 19 heavy (non-hydrogen) atoms. The van der Waals surface area contributed by atoms with Gasteiger partial charge in [-0.15, -0.1) is 0 Å². The van der Waals surface area contributed by atoms with Crippen molar-refractivity contribution in [2.24, 2.45) is 0 Å². The molecule has 0 spiro atoms. The summed E-state index contributed by atoms with van der Waals surface area (Å²) >= 11 is 0. The minimum Gasteiger partial charge on any atom is -0.350 e. The molecule has 0 aliphatic heterocycles. The molecule has 0 atom stereocenters. The molecule has 0 aliphatic rings. The molecule has 0 aromatic rings. The Kier molecular flexibility index (Phi) is 12.9. The van der Waals surface area contributed by atoms with Gasteiger partial charge < -0.3 is 9.47 Å². The predicted molar refractivity (Wildman–Crippen MR) is 83.5 cm³/mol. The zero-order valence-electron chi connectivity index (χ0n) is 13.8. The van der Waals surface area contributed by atoms with Crippen LogP contribution in [0.4, 0.5) is 0 Å². The van der Waals surface area contributed by atoms with Crippen molar-refractivity contribution in [2.45, 2.75) is 97.7 Å². The summed E-state index contributed by atoms with van der Waals surface area (Å²) in [5, 5.41) is 0. The Labute approximate surface area is 121 Å². The van der Waals surface area contributed by atoms with Crippen molar-refractivity contribution in [2.75, 3.05) is 13.2 Å². The summed E-state index contributed by atoms with van der Waals surface area (Å²) in [6.07, 6.45) is 11.8. The highest BCUT2D eigenvalue weighted by molar-refractivity contribution is 4.69. The average molecular weight is 272 g/mol. The topological polar surface area (TPSA) is 18.5 Å². The normalized spacial score (nSPS) is 12.0. The highest BCUT2D eigenvalue weighted by Crippen LogP contribution is 2.26. The molecule has 0 radical (unpaired) electrons. The zero-order valence-corrected chi connectivity index (χ0v) is 13.8. The summed E-state index contributed by atoms with van der Waals surface area (Å²) in [6.45, 7) is 10.5. The third-order valence-corrected chi connectivity index (χ3v) is 3.68. The Hall–Kier alpha value is -0.0800. The van der Waals surface area contributed by atoms with E-state index in [9.17, 15) is 0 Å². The molecule has 0 saturated carbocycles. The number of unbranched alkanes of at least 4 members (excludes halogenated alkanes) is 5. The van der Waals surface area contributed by atoms with Gasteiger partial charge in [0, 0.05) is 6.42 Å². The van der Waals surface area contributed by atoms with Crippen LogP contribution in [0.3, 0.4) is 0 Å². The van der Waals surface area contributed by atoms with E-state index in [1.165, 1.54) is 38.5 Å². The van der Waals surface area contributed by atoms with Crippen LogP contribution in [0.15, 0.2) is 0 Å². The van der Waals surface area contributed by atoms with E-state index in [2.05, 4.69) is 27.7 Å². The second-order valence-electron chi connectivity index (χ2n) is 5.48. The van der Waals surface area contributed by atoms with Crippen molar-refractivity contribution in [1.29, 1.82) is 0 Å². The highest BCUT2D eigenvalue weighted by atomic mass is 16.7. The molecular weight excluding hydrogens is 236 g/mol. The number of ether oxygens (including phenoxy) is 2. The van der Waals surface area contributed by atoms with Crippen LogP contribution in [0.1, 0.15) is 91.9 Å². The van der Waals surface area contributed by atoms with Crippen molar-refractivity contribution >= 4 is 0 Å². The number of hydrogen-bond donors (Lipinski definition) is 0. The van der Waals surface area contributed by atoms with E-state index in [1.54, 1.807) is 0 Å². The van der Waals surface area contributed by atoms with Crippen LogP contribution in [-0.2, 0) is 9.47 Å². The van der Waals surface area contributed by atoms with Gasteiger partial charge in [-0.3, -0.25) is 0 Å². The molecule has 0 saturated heterocycles. The van der Waals surface area contributed by atoms with Gasteiger partial charge in [-0.1, -0.05) is 59.8 Å². The average Bonchev–Trinajstić information content (AvgIpc) is 2.43. The van der Waals surface area contributed by atoms with Gasteiger partial charge in [0.15, 0.2) is 5.79 Å². The second-order valence-corrected chi connectivity index (χ2v) is 5.48. The summed E-state index contributed by atoms with van der Waals surface area (Å²) in [5.74, 6) is -0.307. The van der Waals surface area contributed by atoms with Gasteiger partial charge in [0.2, 0.25) is 0 Å². The van der Waals surface area contributed by atoms with Crippen LogP contribution in [0.2, 0.25) is 0 Å². The molecule has 2 nitrogen and oxygen atoms in total. The van der Waals surface area contributed by atoms with E-state index < -0.39 is 0 Å². The number of rotatable bonds is 14. The van der Waals surface area contributed by atoms with Gasteiger partial charge in [0.1, 0.15) is 0 Å². The molecule has 0 N–H and O–H groups in total. The molecular formula is C17H36O2. The maximum absolute atomic E-state index is 6.12. The molecule has 116 valence electrons. The van der Waals surface area contributed by atoms with E-state index in [4.69, 9.17) is 9.47 Å². The van der Waals surface area contributed by atoms with Crippen LogP contribution in [0.5, 0.6) is 0 Å². The first-order chi connectivity index (χ1) is 9.24. The minimum absolute atomic E-state index is 0.307. The Morgan fingerprint density at radius 1 is 0.632 bits per heavy atom. The summed E-state index contributed by atoms with van der Waals surface area (Å²) < 4.78 is 12.2. The lowest BCUT2D eigenvalue weighted by molar-refractivity contribution is -0.244. The van der Waals surface area contributed by atoms with Crippen molar-refractivity contribution < 1.29 is 9.47 Å². The molecule has 0 fully saturated rings. The SMILES string of the molecule is CCCCCCC(CC)(OCCCC)OCCCC. The first-order valence-corrected chi connectivity index (χ1v) is 8.52. The van der Waals surface area contributed by atoms with Gasteiger partial charge in [-0.05, 0) is 25.7 Å². The maximum Gasteiger partial charge on any atom is 0.168 e. The van der Waals surface area contributed by atoms with E-state index in [0.29, 0.717) is 0 Å². The van der Waals surface area contributed by atoms with Crippen LogP contribution in [0, 0.1) is 0 Å². The smallest absolute Gasteiger partial charge is 0.168 e. The fourth-order valence-corrected chi connectivity index (χ4v) is 2.19. The van der Waals surface area contributed by atoms with E-state index in [-0.39, 0.29) is 5.79 Å². The second kappa shape index (κ2) is 12.9. The lowest BCUT2D eigenvalue weighted by Gasteiger charge is -2.33. The Morgan fingerprint density at radius 3 is 1.58 bits per heavy atom. The maximum atomic E-state index is 6.12. The zero-order chi connectivity index (χ0) is 14.4. The molecule has 2 heteroatoms. The van der Waals surface area contributed by atoms with Crippen molar-refractivity contribution in [3.8, 4) is 0 Å². The van der Waals surface area contributed by atoms with Crippen molar-refractivity contribution in [1.82, 2.24) is 0 Å². The van der Waals surface area contributed by atoms with Crippen LogP contribution in [-0.4, -0.2) is 19.0 Å². The summed E-state index contributed by atoms with van der Waals surface area (Å²) in [4.78, 5) is 0. The lowest BCUT2D eigenvalue weighted by Crippen LogP contribution is -2.36. The van der Waals surface area contributed by atoms with Crippen LogP contribution in [0.25, 0.3) is 0 Å². The van der Waals surface area contributed by atoms with Gasteiger partial charge in [0.05, 0.1) is 13.2 Å². The Bertz CT molecular complexity index is 170.